The van der Waals surface area contributed by atoms with Crippen molar-refractivity contribution in [1.82, 2.24) is 10.5 Å². The molecule has 0 aliphatic carbocycles. The molecule has 11 heteroatoms. The number of benzene rings is 2. The molecule has 37 heavy (non-hydrogen) atoms. The van der Waals surface area contributed by atoms with Crippen LogP contribution in [0.2, 0.25) is 0 Å². The molecule has 1 aromatic heterocycles. The van der Waals surface area contributed by atoms with E-state index in [0.717, 1.165) is 17.0 Å². The number of sulfone groups is 1. The topological polar surface area (TPSA) is 137 Å². The van der Waals surface area contributed by atoms with Crippen LogP contribution in [0.3, 0.4) is 0 Å². The van der Waals surface area contributed by atoms with Crippen molar-refractivity contribution in [3.8, 4) is 22.8 Å². The van der Waals surface area contributed by atoms with E-state index in [0.29, 0.717) is 37.7 Å². The van der Waals surface area contributed by atoms with Crippen molar-refractivity contribution in [1.29, 1.82) is 0 Å². The molecule has 1 fully saturated rings. The summed E-state index contributed by atoms with van der Waals surface area (Å²) in [5.74, 6) is 0.941. The first-order chi connectivity index (χ1) is 17.9. The lowest BCUT2D eigenvalue weighted by Gasteiger charge is -2.34. The van der Waals surface area contributed by atoms with Crippen molar-refractivity contribution >= 4 is 15.7 Å². The Labute approximate surface area is 215 Å². The summed E-state index contributed by atoms with van der Waals surface area (Å²) in [6.45, 7) is 3.14. The molecule has 198 valence electrons. The lowest BCUT2D eigenvalue weighted by molar-refractivity contribution is -0.134. The Hall–Kier alpha value is -3.41. The molecular weight excluding hydrogens is 500 g/mol. The van der Waals surface area contributed by atoms with Crippen LogP contribution in [0.25, 0.3) is 11.3 Å². The maximum absolute atomic E-state index is 13.3. The van der Waals surface area contributed by atoms with Crippen LogP contribution in [0, 0.1) is 0 Å². The van der Waals surface area contributed by atoms with Gasteiger partial charge in [0.25, 0.3) is 5.91 Å². The lowest BCUT2D eigenvalue weighted by Crippen LogP contribution is -2.54. The highest BCUT2D eigenvalue weighted by molar-refractivity contribution is 7.93. The van der Waals surface area contributed by atoms with E-state index >= 15 is 0 Å². The van der Waals surface area contributed by atoms with Crippen LogP contribution < -0.4 is 15.0 Å². The van der Waals surface area contributed by atoms with Gasteiger partial charge in [0, 0.05) is 25.2 Å². The number of oxazole rings is 1. The summed E-state index contributed by atoms with van der Waals surface area (Å²) in [5, 5.41) is 9.16. The first kappa shape index (κ1) is 26.6. The van der Waals surface area contributed by atoms with Gasteiger partial charge >= 0.3 is 0 Å². The fraction of sp³-hybridized carbons (Fsp3) is 0.385. The monoisotopic (exact) mass is 530 g/mol. The first-order valence-corrected chi connectivity index (χ1v) is 13.6. The summed E-state index contributed by atoms with van der Waals surface area (Å²) >= 11 is 0. The highest BCUT2D eigenvalue weighted by atomic mass is 32.2. The number of carbonyl (C=O) groups is 1. The van der Waals surface area contributed by atoms with Crippen molar-refractivity contribution in [2.75, 3.05) is 26.4 Å². The summed E-state index contributed by atoms with van der Waals surface area (Å²) in [4.78, 5) is 16.8. The molecule has 2 aromatic carbocycles. The average Bonchev–Trinajstić information content (AvgIpc) is 3.41. The highest BCUT2D eigenvalue weighted by Crippen LogP contribution is 2.35. The molecule has 1 amide bonds. The number of amides is 1. The van der Waals surface area contributed by atoms with E-state index in [4.69, 9.17) is 23.8 Å². The van der Waals surface area contributed by atoms with Gasteiger partial charge in [0.15, 0.2) is 20.5 Å². The number of hydrogen-bond donors (Lipinski definition) is 2. The van der Waals surface area contributed by atoms with Gasteiger partial charge in [-0.2, -0.15) is 0 Å². The van der Waals surface area contributed by atoms with Crippen molar-refractivity contribution in [3.63, 3.8) is 0 Å². The van der Waals surface area contributed by atoms with Gasteiger partial charge in [0.2, 0.25) is 0 Å². The van der Waals surface area contributed by atoms with E-state index in [-0.39, 0.29) is 31.0 Å². The number of ether oxygens (including phenoxy) is 3. The molecule has 3 aromatic rings. The quantitative estimate of drug-likeness (QED) is 0.216. The second kappa shape index (κ2) is 11.8. The summed E-state index contributed by atoms with van der Waals surface area (Å²) in [7, 11) is -4.07. The van der Waals surface area contributed by atoms with Gasteiger partial charge in [0.1, 0.15) is 23.5 Å². The minimum atomic E-state index is -4.07. The highest BCUT2D eigenvalue weighted by Gasteiger charge is 2.52. The maximum atomic E-state index is 13.3. The summed E-state index contributed by atoms with van der Waals surface area (Å²) < 4.78 is 46.8. The predicted molar refractivity (Wildman–Crippen MR) is 133 cm³/mol. The Morgan fingerprint density at radius 2 is 1.70 bits per heavy atom. The fourth-order valence-electron chi connectivity index (χ4n) is 4.22. The van der Waals surface area contributed by atoms with Gasteiger partial charge < -0.3 is 18.6 Å². The number of nitrogens with zero attached hydrogens (tertiary/aromatic N) is 1. The number of hydroxylamine groups is 1. The number of carbonyl (C=O) groups excluding carboxylic acids is 1. The van der Waals surface area contributed by atoms with Crippen LogP contribution in [0.5, 0.6) is 11.5 Å². The number of aromatic nitrogens is 1. The van der Waals surface area contributed by atoms with Crippen LogP contribution in [-0.4, -0.2) is 55.7 Å². The molecule has 0 spiro atoms. The molecule has 10 nitrogen and oxygen atoms in total. The molecule has 1 aliphatic heterocycles. The van der Waals surface area contributed by atoms with E-state index < -0.39 is 20.5 Å². The Balaban J connectivity index is 1.31. The van der Waals surface area contributed by atoms with E-state index in [9.17, 15) is 13.2 Å². The Morgan fingerprint density at radius 1 is 1.05 bits per heavy atom. The maximum Gasteiger partial charge on any atom is 0.265 e. The van der Waals surface area contributed by atoms with E-state index in [2.05, 4.69) is 4.98 Å². The summed E-state index contributed by atoms with van der Waals surface area (Å²) in [5.41, 5.74) is 3.19. The normalized spacial score (nSPS) is 15.2. The standard InChI is InChI=1S/C26H30N2O8S/c1-2-34-20-7-5-19(6-8-20)23-18-36-24(27-23)4-3-15-35-21-9-11-22(12-10-21)37(31,32)26(25(29)28-30)13-16-33-17-14-26/h5-12,18,30H,2-4,13-17H2,1H3,(H,28,29). The second-order valence-electron chi connectivity index (χ2n) is 8.56. The lowest BCUT2D eigenvalue weighted by atomic mass is 9.98. The molecule has 0 saturated carbocycles. The van der Waals surface area contributed by atoms with Crippen molar-refractivity contribution < 1.29 is 37.0 Å². The Kier molecular flexibility index (Phi) is 8.47. The third-order valence-electron chi connectivity index (χ3n) is 6.28. The zero-order valence-corrected chi connectivity index (χ0v) is 21.3. The Bertz CT molecular complexity index is 1280. The molecule has 4 rings (SSSR count). The number of hydrogen-bond acceptors (Lipinski definition) is 9. The molecule has 2 heterocycles. The van der Waals surface area contributed by atoms with Crippen molar-refractivity contribution in [3.05, 3.63) is 60.7 Å². The molecule has 2 N–H and O–H groups in total. The number of nitrogens with one attached hydrogen (secondary N) is 1. The van der Waals surface area contributed by atoms with Crippen LogP contribution in [0.15, 0.2) is 64.1 Å². The molecule has 0 atom stereocenters. The van der Waals surface area contributed by atoms with Gasteiger partial charge in [-0.3, -0.25) is 10.0 Å². The molecule has 0 bridgehead atoms. The average molecular weight is 531 g/mol. The first-order valence-electron chi connectivity index (χ1n) is 12.1. The second-order valence-corrected chi connectivity index (χ2v) is 10.8. The van der Waals surface area contributed by atoms with Gasteiger partial charge in [0.05, 0.1) is 18.1 Å². The Morgan fingerprint density at radius 3 is 2.35 bits per heavy atom. The van der Waals surface area contributed by atoms with Crippen molar-refractivity contribution in [2.45, 2.75) is 42.2 Å². The van der Waals surface area contributed by atoms with Gasteiger partial charge in [-0.25, -0.2) is 18.9 Å². The van der Waals surface area contributed by atoms with Gasteiger partial charge in [-0.1, -0.05) is 0 Å². The van der Waals surface area contributed by atoms with Crippen molar-refractivity contribution in [2.24, 2.45) is 0 Å². The SMILES string of the molecule is CCOc1ccc(-c2coc(CCCOc3ccc(S(=O)(=O)C4(C(=O)NO)CCOCC4)cc3)n2)cc1. The van der Waals surface area contributed by atoms with Crippen LogP contribution >= 0.6 is 0 Å². The molecule has 1 aliphatic rings. The van der Waals surface area contributed by atoms with E-state index in [1.54, 1.807) is 18.4 Å². The van der Waals surface area contributed by atoms with Gasteiger partial charge in [-0.15, -0.1) is 0 Å². The number of aryl methyl sites for hydroxylation is 1. The van der Waals surface area contributed by atoms with E-state index in [1.165, 1.54) is 17.6 Å². The minimum Gasteiger partial charge on any atom is -0.494 e. The molecule has 1 saturated heterocycles. The van der Waals surface area contributed by atoms with Gasteiger partial charge in [-0.05, 0) is 74.7 Å². The third-order valence-corrected chi connectivity index (χ3v) is 8.80. The van der Waals surface area contributed by atoms with Crippen LogP contribution in [-0.2, 0) is 25.8 Å². The van der Waals surface area contributed by atoms with E-state index in [1.807, 2.05) is 31.2 Å². The molecule has 0 unspecified atom stereocenters. The minimum absolute atomic E-state index is 0.0213. The predicted octanol–water partition coefficient (Wildman–Crippen LogP) is 3.58. The smallest absolute Gasteiger partial charge is 0.265 e. The molecule has 0 radical (unpaired) electrons. The zero-order chi connectivity index (χ0) is 26.3. The third kappa shape index (κ3) is 5.79. The van der Waals surface area contributed by atoms with Crippen LogP contribution in [0.1, 0.15) is 32.1 Å². The summed E-state index contributed by atoms with van der Waals surface area (Å²) in [6, 6.07) is 13.6. The fourth-order valence-corrected chi connectivity index (χ4v) is 6.16. The number of rotatable bonds is 11. The molecular formula is C26H30N2O8S. The zero-order valence-electron chi connectivity index (χ0n) is 20.5. The largest absolute Gasteiger partial charge is 0.494 e. The summed E-state index contributed by atoms with van der Waals surface area (Å²) in [6.07, 6.45) is 2.75. The van der Waals surface area contributed by atoms with Crippen LogP contribution in [0.4, 0.5) is 0 Å².